The van der Waals surface area contributed by atoms with Gasteiger partial charge < -0.3 is 15.8 Å². The number of alkyl halides is 3. The smallest absolute Gasteiger partial charge is 0.383 e. The number of ether oxygens (including phenoxy) is 1. The largest absolute Gasteiger partial charge is 0.411 e. The van der Waals surface area contributed by atoms with Gasteiger partial charge in [0.15, 0.2) is 0 Å². The molecule has 0 radical (unpaired) electrons. The monoisotopic (exact) mass is 474 g/mol. The fourth-order valence-electron chi connectivity index (χ4n) is 4.98. The minimum Gasteiger partial charge on any atom is -0.383 e. The number of aromatic nitrogens is 2. The number of carbonyl (C=O) groups excluding carboxylic acids is 1. The molecule has 4 rings (SSSR count). The third kappa shape index (κ3) is 4.71. The fraction of sp³-hybridized carbons (Fsp3) is 0.524. The van der Waals surface area contributed by atoms with Gasteiger partial charge in [0.25, 0.3) is 5.91 Å². The molecule has 174 valence electrons. The van der Waals surface area contributed by atoms with Crippen LogP contribution in [-0.2, 0) is 11.8 Å². The van der Waals surface area contributed by atoms with Gasteiger partial charge in [0, 0.05) is 18.7 Å². The minimum absolute atomic E-state index is 0.0328. The Morgan fingerprint density at radius 1 is 1.28 bits per heavy atom. The standard InChI is InChI=1S/C21H23ClF4N4O2/c1-30-19(27)17(20(31)28-13-2-3-16(23)15(22)8-13)18(29-30)12-4-10-6-14(7-11(10)5-12)32-9-21(24,25)26/h2-3,8,10-12,14H,4-7,9,27H2,1H3,(H,28,31). The van der Waals surface area contributed by atoms with Crippen LogP contribution >= 0.6 is 11.6 Å². The third-order valence-electron chi connectivity index (χ3n) is 6.37. The maximum absolute atomic E-state index is 13.4. The molecule has 2 unspecified atom stereocenters. The van der Waals surface area contributed by atoms with Crippen molar-refractivity contribution in [1.29, 1.82) is 0 Å². The number of halogens is 5. The molecule has 11 heteroatoms. The topological polar surface area (TPSA) is 82.2 Å². The normalized spacial score (nSPS) is 25.2. The first-order valence-corrected chi connectivity index (χ1v) is 10.7. The van der Waals surface area contributed by atoms with Gasteiger partial charge in [-0.25, -0.2) is 4.39 Å². The van der Waals surface area contributed by atoms with E-state index in [0.717, 1.165) is 6.07 Å². The Morgan fingerprint density at radius 3 is 2.53 bits per heavy atom. The number of benzene rings is 1. The van der Waals surface area contributed by atoms with Crippen LogP contribution in [0.4, 0.5) is 29.1 Å². The number of fused-ring (bicyclic) bond motifs is 1. The van der Waals surface area contributed by atoms with Crippen LogP contribution in [0.1, 0.15) is 47.7 Å². The summed E-state index contributed by atoms with van der Waals surface area (Å²) in [4.78, 5) is 13.0. The number of amides is 1. The molecule has 1 aromatic carbocycles. The molecule has 2 fully saturated rings. The van der Waals surface area contributed by atoms with Crippen LogP contribution in [0.3, 0.4) is 0 Å². The summed E-state index contributed by atoms with van der Waals surface area (Å²) in [5.41, 5.74) is 7.27. The number of carbonyl (C=O) groups is 1. The lowest BCUT2D eigenvalue weighted by Gasteiger charge is -2.16. The molecule has 32 heavy (non-hydrogen) atoms. The van der Waals surface area contributed by atoms with Crippen molar-refractivity contribution in [2.75, 3.05) is 17.7 Å². The number of nitrogens with one attached hydrogen (secondary N) is 1. The first-order valence-electron chi connectivity index (χ1n) is 10.3. The van der Waals surface area contributed by atoms with Gasteiger partial charge in [-0.05, 0) is 55.7 Å². The minimum atomic E-state index is -4.33. The van der Waals surface area contributed by atoms with Gasteiger partial charge in [0.1, 0.15) is 23.8 Å². The Hall–Kier alpha value is -2.33. The molecule has 1 aromatic heterocycles. The van der Waals surface area contributed by atoms with E-state index >= 15 is 0 Å². The maximum atomic E-state index is 13.4. The number of hydrogen-bond donors (Lipinski definition) is 2. The quantitative estimate of drug-likeness (QED) is 0.604. The Morgan fingerprint density at radius 2 is 1.94 bits per heavy atom. The van der Waals surface area contributed by atoms with Crippen LogP contribution in [0.2, 0.25) is 5.02 Å². The third-order valence-corrected chi connectivity index (χ3v) is 6.65. The van der Waals surface area contributed by atoms with Crippen molar-refractivity contribution < 1.29 is 27.1 Å². The Bertz CT molecular complexity index is 1010. The molecule has 0 bridgehead atoms. The second-order valence-corrected chi connectivity index (χ2v) is 8.97. The SMILES string of the molecule is Cn1nc(C2CC3CC(OCC(F)(F)F)CC3C2)c(C(=O)Nc2ccc(F)c(Cl)c2)c1N. The fourth-order valence-corrected chi connectivity index (χ4v) is 5.16. The second-order valence-electron chi connectivity index (χ2n) is 8.56. The van der Waals surface area contributed by atoms with Gasteiger partial charge in [-0.3, -0.25) is 9.48 Å². The zero-order valence-electron chi connectivity index (χ0n) is 17.3. The van der Waals surface area contributed by atoms with Crippen molar-refractivity contribution in [2.45, 2.75) is 43.9 Å². The van der Waals surface area contributed by atoms with Crippen LogP contribution < -0.4 is 11.1 Å². The van der Waals surface area contributed by atoms with Gasteiger partial charge in [-0.1, -0.05) is 11.6 Å². The van der Waals surface area contributed by atoms with Crippen molar-refractivity contribution >= 4 is 29.0 Å². The van der Waals surface area contributed by atoms with E-state index in [4.69, 9.17) is 22.1 Å². The first kappa shape index (κ1) is 22.8. The number of nitrogens with two attached hydrogens (primary N) is 1. The summed E-state index contributed by atoms with van der Waals surface area (Å²) in [7, 11) is 1.64. The highest BCUT2D eigenvalue weighted by atomic mass is 35.5. The summed E-state index contributed by atoms with van der Waals surface area (Å²) in [6, 6.07) is 3.86. The predicted molar refractivity (Wildman–Crippen MR) is 111 cm³/mol. The number of nitrogen functional groups attached to an aromatic ring is 1. The molecular formula is C21H23ClF4N4O2. The lowest BCUT2D eigenvalue weighted by Crippen LogP contribution is -2.22. The van der Waals surface area contributed by atoms with Gasteiger partial charge in [0.2, 0.25) is 0 Å². The summed E-state index contributed by atoms with van der Waals surface area (Å²) < 4.78 is 57.2. The summed E-state index contributed by atoms with van der Waals surface area (Å²) >= 11 is 5.79. The number of hydrogen-bond acceptors (Lipinski definition) is 4. The molecule has 6 nitrogen and oxygen atoms in total. The van der Waals surface area contributed by atoms with Crippen molar-refractivity contribution in [2.24, 2.45) is 18.9 Å². The molecule has 2 aliphatic carbocycles. The molecule has 1 amide bonds. The highest BCUT2D eigenvalue weighted by Crippen LogP contribution is 2.52. The first-order chi connectivity index (χ1) is 15.0. The van der Waals surface area contributed by atoms with Crippen LogP contribution in [0, 0.1) is 17.7 Å². The number of aryl methyl sites for hydroxylation is 1. The highest BCUT2D eigenvalue weighted by Gasteiger charge is 2.45. The lowest BCUT2D eigenvalue weighted by molar-refractivity contribution is -0.185. The van der Waals surface area contributed by atoms with Crippen molar-refractivity contribution in [3.05, 3.63) is 40.3 Å². The molecule has 2 aromatic rings. The van der Waals surface area contributed by atoms with Gasteiger partial charge in [-0.15, -0.1) is 0 Å². The van der Waals surface area contributed by atoms with Crippen LogP contribution in [0.25, 0.3) is 0 Å². The molecule has 0 aliphatic heterocycles. The van der Waals surface area contributed by atoms with Crippen LogP contribution in [0.5, 0.6) is 0 Å². The van der Waals surface area contributed by atoms with E-state index in [1.165, 1.54) is 16.8 Å². The average molecular weight is 475 g/mol. The van der Waals surface area contributed by atoms with Crippen LogP contribution in [0.15, 0.2) is 18.2 Å². The molecule has 0 saturated heterocycles. The Kier molecular flexibility index (Phi) is 6.10. The Balaban J connectivity index is 1.46. The summed E-state index contributed by atoms with van der Waals surface area (Å²) in [5.74, 6) is -0.469. The maximum Gasteiger partial charge on any atom is 0.411 e. The van der Waals surface area contributed by atoms with E-state index in [2.05, 4.69) is 10.4 Å². The zero-order valence-corrected chi connectivity index (χ0v) is 18.0. The van der Waals surface area contributed by atoms with E-state index in [-0.39, 0.29) is 34.2 Å². The summed E-state index contributed by atoms with van der Waals surface area (Å²) in [6.45, 7) is -1.23. The summed E-state index contributed by atoms with van der Waals surface area (Å²) in [5, 5.41) is 7.03. The molecule has 2 aliphatic rings. The van der Waals surface area contributed by atoms with Crippen molar-refractivity contribution in [1.82, 2.24) is 9.78 Å². The average Bonchev–Trinajstić information content (AvgIpc) is 3.34. The van der Waals surface area contributed by atoms with Crippen molar-refractivity contribution in [3.8, 4) is 0 Å². The van der Waals surface area contributed by atoms with Crippen molar-refractivity contribution in [3.63, 3.8) is 0 Å². The van der Waals surface area contributed by atoms with Gasteiger partial charge in [-0.2, -0.15) is 18.3 Å². The highest BCUT2D eigenvalue weighted by molar-refractivity contribution is 6.31. The molecule has 2 atom stereocenters. The van der Waals surface area contributed by atoms with E-state index in [0.29, 0.717) is 37.1 Å². The molecule has 1 heterocycles. The number of rotatable bonds is 5. The zero-order chi connectivity index (χ0) is 23.2. The van der Waals surface area contributed by atoms with Gasteiger partial charge in [0.05, 0.1) is 16.8 Å². The van der Waals surface area contributed by atoms with Gasteiger partial charge >= 0.3 is 6.18 Å². The summed E-state index contributed by atoms with van der Waals surface area (Å²) in [6.07, 6.45) is -2.19. The number of nitrogens with zero attached hydrogens (tertiary/aromatic N) is 2. The van der Waals surface area contributed by atoms with E-state index in [1.54, 1.807) is 7.05 Å². The molecular weight excluding hydrogens is 452 g/mol. The number of anilines is 2. The predicted octanol–water partition coefficient (Wildman–Crippen LogP) is 4.90. The van der Waals surface area contributed by atoms with E-state index in [1.807, 2.05) is 0 Å². The second kappa shape index (κ2) is 8.55. The van der Waals surface area contributed by atoms with E-state index in [9.17, 15) is 22.4 Å². The molecule has 2 saturated carbocycles. The van der Waals surface area contributed by atoms with E-state index < -0.39 is 30.6 Å². The van der Waals surface area contributed by atoms with Crippen LogP contribution in [-0.4, -0.2) is 34.6 Å². The Labute approximate surface area is 187 Å². The molecule has 0 spiro atoms. The lowest BCUT2D eigenvalue weighted by atomic mass is 9.95. The molecule has 3 N–H and O–H groups in total.